The third-order valence-electron chi connectivity index (χ3n) is 3.58. The number of benzene rings is 1. The fourth-order valence-corrected chi connectivity index (χ4v) is 2.49. The number of hydrogen-bond acceptors (Lipinski definition) is 5. The van der Waals surface area contributed by atoms with Crippen molar-refractivity contribution >= 4 is 0 Å². The number of nitrogens with two attached hydrogens (primary N) is 1. The molecule has 1 aromatic rings. The lowest BCUT2D eigenvalue weighted by Crippen LogP contribution is -2.52. The van der Waals surface area contributed by atoms with Gasteiger partial charge in [0.25, 0.3) is 0 Å². The summed E-state index contributed by atoms with van der Waals surface area (Å²) in [5.41, 5.74) is 7.33. The summed E-state index contributed by atoms with van der Waals surface area (Å²) < 4.78 is 10.5. The first-order chi connectivity index (χ1) is 9.74. The predicted molar refractivity (Wildman–Crippen MR) is 76.5 cm³/mol. The van der Waals surface area contributed by atoms with E-state index in [1.54, 1.807) is 7.11 Å². The third kappa shape index (κ3) is 3.70. The van der Waals surface area contributed by atoms with Crippen LogP contribution in [0.5, 0.6) is 5.75 Å². The standard InChI is InChI=1S/C15H21N3O2/c1-19-13-4-2-3-12(9-13)10-14(17)15(11-16)18-5-7-20-8-6-18/h2-4,9,14-15H,5-8,10,17H2,1H3/t14-,15+/m0/s1. The molecule has 0 amide bonds. The fraction of sp³-hybridized carbons (Fsp3) is 0.533. The Morgan fingerprint density at radius 2 is 2.20 bits per heavy atom. The lowest BCUT2D eigenvalue weighted by molar-refractivity contribution is 0.0226. The van der Waals surface area contributed by atoms with Crippen LogP contribution in [0.15, 0.2) is 24.3 Å². The van der Waals surface area contributed by atoms with Crippen molar-refractivity contribution in [3.63, 3.8) is 0 Å². The van der Waals surface area contributed by atoms with Crippen LogP contribution in [-0.2, 0) is 11.2 Å². The van der Waals surface area contributed by atoms with Crippen LogP contribution in [0.1, 0.15) is 5.56 Å². The molecule has 0 bridgehead atoms. The summed E-state index contributed by atoms with van der Waals surface area (Å²) in [5.74, 6) is 0.814. The van der Waals surface area contributed by atoms with Gasteiger partial charge in [0, 0.05) is 19.1 Å². The second kappa shape index (κ2) is 7.25. The smallest absolute Gasteiger partial charge is 0.119 e. The maximum atomic E-state index is 9.39. The van der Waals surface area contributed by atoms with E-state index in [4.69, 9.17) is 15.2 Å². The molecule has 0 spiro atoms. The van der Waals surface area contributed by atoms with Crippen LogP contribution < -0.4 is 10.5 Å². The van der Waals surface area contributed by atoms with Gasteiger partial charge in [-0.2, -0.15) is 5.26 Å². The van der Waals surface area contributed by atoms with Gasteiger partial charge in [-0.3, -0.25) is 4.90 Å². The second-order valence-electron chi connectivity index (χ2n) is 4.94. The molecule has 0 saturated carbocycles. The number of ether oxygens (including phenoxy) is 2. The van der Waals surface area contributed by atoms with Crippen LogP contribution in [0.25, 0.3) is 0 Å². The predicted octanol–water partition coefficient (Wildman–Crippen LogP) is 0.789. The highest BCUT2D eigenvalue weighted by Crippen LogP contribution is 2.16. The van der Waals surface area contributed by atoms with E-state index in [2.05, 4.69) is 11.0 Å². The molecule has 1 aromatic carbocycles. The van der Waals surface area contributed by atoms with Gasteiger partial charge < -0.3 is 15.2 Å². The number of nitrogens with zero attached hydrogens (tertiary/aromatic N) is 2. The molecule has 108 valence electrons. The summed E-state index contributed by atoms with van der Waals surface area (Å²) in [7, 11) is 1.64. The first-order valence-corrected chi connectivity index (χ1v) is 6.84. The Morgan fingerprint density at radius 1 is 1.45 bits per heavy atom. The molecular formula is C15H21N3O2. The van der Waals surface area contributed by atoms with Gasteiger partial charge in [-0.05, 0) is 24.1 Å². The minimum absolute atomic E-state index is 0.217. The average Bonchev–Trinajstić information content (AvgIpc) is 2.49. The van der Waals surface area contributed by atoms with Gasteiger partial charge in [0.1, 0.15) is 11.8 Å². The highest BCUT2D eigenvalue weighted by atomic mass is 16.5. The van der Waals surface area contributed by atoms with E-state index in [0.29, 0.717) is 19.6 Å². The lowest BCUT2D eigenvalue weighted by atomic mass is 9.99. The average molecular weight is 275 g/mol. The maximum Gasteiger partial charge on any atom is 0.119 e. The normalized spacial score (nSPS) is 19.1. The Morgan fingerprint density at radius 3 is 2.85 bits per heavy atom. The van der Waals surface area contributed by atoms with E-state index in [9.17, 15) is 5.26 Å². The number of hydrogen-bond donors (Lipinski definition) is 1. The van der Waals surface area contributed by atoms with E-state index >= 15 is 0 Å². The van der Waals surface area contributed by atoms with Crippen LogP contribution in [0.3, 0.4) is 0 Å². The molecule has 1 fully saturated rings. The van der Waals surface area contributed by atoms with Crippen LogP contribution >= 0.6 is 0 Å². The van der Waals surface area contributed by atoms with E-state index in [-0.39, 0.29) is 12.1 Å². The van der Waals surface area contributed by atoms with Crippen LogP contribution in [0.2, 0.25) is 0 Å². The Balaban J connectivity index is 2.01. The highest BCUT2D eigenvalue weighted by molar-refractivity contribution is 5.29. The molecule has 1 heterocycles. The molecule has 0 aromatic heterocycles. The van der Waals surface area contributed by atoms with E-state index in [0.717, 1.165) is 24.4 Å². The zero-order valence-electron chi connectivity index (χ0n) is 11.8. The number of nitriles is 1. The zero-order valence-corrected chi connectivity index (χ0v) is 11.8. The first-order valence-electron chi connectivity index (χ1n) is 6.84. The van der Waals surface area contributed by atoms with Gasteiger partial charge in [0.15, 0.2) is 0 Å². The van der Waals surface area contributed by atoms with Gasteiger partial charge in [-0.15, -0.1) is 0 Å². The van der Waals surface area contributed by atoms with Gasteiger partial charge in [-0.1, -0.05) is 12.1 Å². The summed E-state index contributed by atoms with van der Waals surface area (Å²) >= 11 is 0. The zero-order chi connectivity index (χ0) is 14.4. The Bertz CT molecular complexity index is 466. The van der Waals surface area contributed by atoms with E-state index in [1.165, 1.54) is 0 Å². The molecule has 5 nitrogen and oxygen atoms in total. The maximum absolute atomic E-state index is 9.39. The summed E-state index contributed by atoms with van der Waals surface area (Å²) in [6.45, 7) is 2.88. The molecule has 2 N–H and O–H groups in total. The third-order valence-corrected chi connectivity index (χ3v) is 3.58. The molecule has 2 atom stereocenters. The van der Waals surface area contributed by atoms with Crippen molar-refractivity contribution in [1.29, 1.82) is 5.26 Å². The summed E-state index contributed by atoms with van der Waals surface area (Å²) in [6.07, 6.45) is 0.660. The monoisotopic (exact) mass is 275 g/mol. The SMILES string of the molecule is COc1cccc(C[C@H](N)[C@@H](C#N)N2CCOCC2)c1. The van der Waals surface area contributed by atoms with Gasteiger partial charge in [0.2, 0.25) is 0 Å². The molecule has 2 rings (SSSR count). The Hall–Kier alpha value is -1.61. The molecule has 1 aliphatic heterocycles. The molecule has 0 radical (unpaired) electrons. The summed E-state index contributed by atoms with van der Waals surface area (Å²) in [4.78, 5) is 2.11. The molecule has 0 unspecified atom stereocenters. The van der Waals surface area contributed by atoms with Crippen molar-refractivity contribution < 1.29 is 9.47 Å². The number of methoxy groups -OCH3 is 1. The van der Waals surface area contributed by atoms with Gasteiger partial charge in [-0.25, -0.2) is 0 Å². The van der Waals surface area contributed by atoms with Crippen LogP contribution in [0, 0.1) is 11.3 Å². The Labute approximate surface area is 119 Å². The van der Waals surface area contributed by atoms with Crippen LogP contribution in [0.4, 0.5) is 0 Å². The molecular weight excluding hydrogens is 254 g/mol. The topological polar surface area (TPSA) is 71.5 Å². The van der Waals surface area contributed by atoms with Crippen molar-refractivity contribution in [3.05, 3.63) is 29.8 Å². The molecule has 1 saturated heterocycles. The molecule has 1 aliphatic rings. The molecule has 5 heteroatoms. The second-order valence-corrected chi connectivity index (χ2v) is 4.94. The molecule has 20 heavy (non-hydrogen) atoms. The van der Waals surface area contributed by atoms with Crippen molar-refractivity contribution in [2.24, 2.45) is 5.73 Å². The fourth-order valence-electron chi connectivity index (χ4n) is 2.49. The summed E-state index contributed by atoms with van der Waals surface area (Å²) in [5, 5.41) is 9.39. The van der Waals surface area contributed by atoms with Crippen molar-refractivity contribution in [2.45, 2.75) is 18.5 Å². The molecule has 0 aliphatic carbocycles. The van der Waals surface area contributed by atoms with Crippen molar-refractivity contribution in [2.75, 3.05) is 33.4 Å². The highest BCUT2D eigenvalue weighted by Gasteiger charge is 2.26. The van der Waals surface area contributed by atoms with Crippen molar-refractivity contribution in [3.8, 4) is 11.8 Å². The quantitative estimate of drug-likeness (QED) is 0.860. The van der Waals surface area contributed by atoms with Gasteiger partial charge >= 0.3 is 0 Å². The van der Waals surface area contributed by atoms with Crippen molar-refractivity contribution in [1.82, 2.24) is 4.90 Å². The van der Waals surface area contributed by atoms with Crippen LogP contribution in [-0.4, -0.2) is 50.4 Å². The largest absolute Gasteiger partial charge is 0.497 e. The first kappa shape index (κ1) is 14.8. The van der Waals surface area contributed by atoms with E-state index in [1.807, 2.05) is 24.3 Å². The lowest BCUT2D eigenvalue weighted by Gasteiger charge is -2.33. The number of morpholine rings is 1. The van der Waals surface area contributed by atoms with Gasteiger partial charge in [0.05, 0.1) is 26.4 Å². The van der Waals surface area contributed by atoms with E-state index < -0.39 is 0 Å². The Kier molecular flexibility index (Phi) is 5.36. The minimum Gasteiger partial charge on any atom is -0.497 e. The minimum atomic E-state index is -0.273. The summed E-state index contributed by atoms with van der Waals surface area (Å²) in [6, 6.07) is 9.66. The number of rotatable bonds is 5.